The molecule has 1 heterocycles. The summed E-state index contributed by atoms with van der Waals surface area (Å²) >= 11 is 0. The number of aromatic nitrogens is 1. The highest BCUT2D eigenvalue weighted by molar-refractivity contribution is 6.01. The Kier molecular flexibility index (Phi) is 4.90. The molecule has 1 aromatic carbocycles. The van der Waals surface area contributed by atoms with E-state index >= 15 is 0 Å². The number of ether oxygens (including phenoxy) is 2. The number of benzene rings is 1. The van der Waals surface area contributed by atoms with Crippen LogP contribution in [0.1, 0.15) is 37.4 Å². The zero-order chi connectivity index (χ0) is 18.9. The highest BCUT2D eigenvalue weighted by Gasteiger charge is 2.54. The predicted octanol–water partition coefficient (Wildman–Crippen LogP) is 3.51. The van der Waals surface area contributed by atoms with Crippen molar-refractivity contribution in [2.45, 2.75) is 32.6 Å². The molecule has 138 valence electrons. The number of hydrogen-bond acceptors (Lipinski definition) is 4. The molecule has 1 aliphatic rings. The third-order valence-electron chi connectivity index (χ3n) is 5.30. The molecule has 0 spiro atoms. The molecule has 5 nitrogen and oxygen atoms in total. The maximum atomic E-state index is 12.9. The number of nitrogens with zero attached hydrogens (tertiary/aromatic N) is 1. The Bertz CT molecular complexity index is 846. The number of carbonyl (C=O) groups excluding carboxylic acids is 2. The Morgan fingerprint density at radius 2 is 1.85 bits per heavy atom. The number of hydrogen-bond donors (Lipinski definition) is 0. The zero-order valence-corrected chi connectivity index (χ0v) is 15.6. The molecule has 26 heavy (non-hydrogen) atoms. The quantitative estimate of drug-likeness (QED) is 0.468. The summed E-state index contributed by atoms with van der Waals surface area (Å²) in [6.45, 7) is 7.89. The van der Waals surface area contributed by atoms with E-state index in [1.165, 1.54) is 0 Å². The minimum atomic E-state index is -1.33. The van der Waals surface area contributed by atoms with Gasteiger partial charge in [0, 0.05) is 36.0 Å². The van der Waals surface area contributed by atoms with Gasteiger partial charge in [-0.3, -0.25) is 9.59 Å². The first-order valence-corrected chi connectivity index (χ1v) is 9.03. The zero-order valence-electron chi connectivity index (χ0n) is 15.6. The lowest BCUT2D eigenvalue weighted by molar-refractivity contribution is -0.173. The fourth-order valence-electron chi connectivity index (χ4n) is 4.07. The molecule has 0 amide bonds. The number of allylic oxidation sites excluding steroid dienone is 1. The minimum absolute atomic E-state index is 0.126. The molecule has 1 atom stereocenters. The summed E-state index contributed by atoms with van der Waals surface area (Å²) in [7, 11) is 1.97. The average Bonchev–Trinajstić information content (AvgIpc) is 2.94. The Hall–Kier alpha value is -2.56. The van der Waals surface area contributed by atoms with Crippen LogP contribution in [0.3, 0.4) is 0 Å². The first-order chi connectivity index (χ1) is 12.5. The average molecular weight is 355 g/mol. The van der Waals surface area contributed by atoms with Crippen molar-refractivity contribution < 1.29 is 19.1 Å². The van der Waals surface area contributed by atoms with Gasteiger partial charge in [0.25, 0.3) is 0 Å². The standard InChI is InChI=1S/C21H25NO4/c1-5-14-12-21(19(23)25-6-2,20(24)26-7-3)13-17-18(14)15-10-8-9-11-16(15)22(17)4/h5,8-11,14H,1,6-7,12-13H2,2-4H3/t14-/m0/s1. The second kappa shape index (κ2) is 6.98. The van der Waals surface area contributed by atoms with Gasteiger partial charge >= 0.3 is 11.9 Å². The molecule has 0 saturated heterocycles. The smallest absolute Gasteiger partial charge is 0.323 e. The molecule has 0 bridgehead atoms. The lowest BCUT2D eigenvalue weighted by atomic mass is 9.68. The van der Waals surface area contributed by atoms with Crippen molar-refractivity contribution in [3.05, 3.63) is 48.2 Å². The van der Waals surface area contributed by atoms with Gasteiger partial charge in [0.15, 0.2) is 5.41 Å². The summed E-state index contributed by atoms with van der Waals surface area (Å²) < 4.78 is 12.6. The van der Waals surface area contributed by atoms with Crippen molar-refractivity contribution in [2.75, 3.05) is 13.2 Å². The van der Waals surface area contributed by atoms with Crippen molar-refractivity contribution in [1.29, 1.82) is 0 Å². The first kappa shape index (κ1) is 18.2. The second-order valence-electron chi connectivity index (χ2n) is 6.68. The van der Waals surface area contributed by atoms with Gasteiger partial charge in [-0.2, -0.15) is 0 Å². The summed E-state index contributed by atoms with van der Waals surface area (Å²) in [6.07, 6.45) is 2.41. The molecule has 5 heteroatoms. The van der Waals surface area contributed by atoms with Gasteiger partial charge in [-0.15, -0.1) is 6.58 Å². The first-order valence-electron chi connectivity index (χ1n) is 9.03. The van der Waals surface area contributed by atoms with Crippen LogP contribution in [0.2, 0.25) is 0 Å². The topological polar surface area (TPSA) is 57.5 Å². The van der Waals surface area contributed by atoms with Crippen LogP contribution in [0.15, 0.2) is 36.9 Å². The SMILES string of the molecule is C=C[C@H]1CC(C(=O)OCC)(C(=O)OCC)Cc2c1c1ccccc1n2C. The highest BCUT2D eigenvalue weighted by Crippen LogP contribution is 2.48. The van der Waals surface area contributed by atoms with Gasteiger partial charge in [-0.25, -0.2) is 0 Å². The number of carbonyl (C=O) groups is 2. The van der Waals surface area contributed by atoms with Gasteiger partial charge < -0.3 is 14.0 Å². The van der Waals surface area contributed by atoms with Gasteiger partial charge in [0.2, 0.25) is 0 Å². The van der Waals surface area contributed by atoms with Crippen molar-refractivity contribution in [3.63, 3.8) is 0 Å². The van der Waals surface area contributed by atoms with E-state index in [1.54, 1.807) is 13.8 Å². The van der Waals surface area contributed by atoms with Crippen LogP contribution < -0.4 is 0 Å². The fourth-order valence-corrected chi connectivity index (χ4v) is 4.07. The van der Waals surface area contributed by atoms with E-state index in [0.717, 1.165) is 22.2 Å². The Morgan fingerprint density at radius 1 is 1.23 bits per heavy atom. The number of rotatable bonds is 5. The lowest BCUT2D eigenvalue weighted by Crippen LogP contribution is -2.47. The number of esters is 2. The Balaban J connectivity index is 2.21. The summed E-state index contributed by atoms with van der Waals surface area (Å²) in [6, 6.07) is 8.11. The Morgan fingerprint density at radius 3 is 2.42 bits per heavy atom. The lowest BCUT2D eigenvalue weighted by Gasteiger charge is -2.36. The molecular formula is C21H25NO4. The van der Waals surface area contributed by atoms with Crippen LogP contribution in [0.5, 0.6) is 0 Å². The van der Waals surface area contributed by atoms with Crippen LogP contribution in [0.4, 0.5) is 0 Å². The molecule has 3 rings (SSSR count). The Labute approximate surface area is 153 Å². The fraction of sp³-hybridized carbons (Fsp3) is 0.429. The molecule has 2 aromatic rings. The molecule has 1 aromatic heterocycles. The molecule has 0 N–H and O–H groups in total. The van der Waals surface area contributed by atoms with Crippen LogP contribution in [-0.4, -0.2) is 29.7 Å². The minimum Gasteiger partial charge on any atom is -0.465 e. The summed E-state index contributed by atoms with van der Waals surface area (Å²) in [5.74, 6) is -1.15. The van der Waals surface area contributed by atoms with E-state index in [2.05, 4.69) is 17.2 Å². The van der Waals surface area contributed by atoms with Gasteiger partial charge in [0.1, 0.15) is 0 Å². The number of aryl methyl sites for hydroxylation is 1. The maximum Gasteiger partial charge on any atom is 0.323 e. The third-order valence-corrected chi connectivity index (χ3v) is 5.30. The van der Waals surface area contributed by atoms with E-state index in [4.69, 9.17) is 9.47 Å². The summed E-state index contributed by atoms with van der Waals surface area (Å²) in [5, 5.41) is 1.14. The van der Waals surface area contributed by atoms with Crippen LogP contribution in [-0.2, 0) is 32.5 Å². The monoisotopic (exact) mass is 355 g/mol. The molecule has 0 saturated carbocycles. The molecule has 1 aliphatic carbocycles. The molecular weight excluding hydrogens is 330 g/mol. The van der Waals surface area contributed by atoms with Crippen LogP contribution in [0, 0.1) is 5.41 Å². The van der Waals surface area contributed by atoms with E-state index < -0.39 is 17.4 Å². The third kappa shape index (κ3) is 2.62. The van der Waals surface area contributed by atoms with Crippen molar-refractivity contribution in [1.82, 2.24) is 4.57 Å². The van der Waals surface area contributed by atoms with Crippen LogP contribution in [0.25, 0.3) is 10.9 Å². The van der Waals surface area contributed by atoms with E-state index in [0.29, 0.717) is 6.42 Å². The molecule has 0 unspecified atom stereocenters. The largest absolute Gasteiger partial charge is 0.465 e. The molecule has 0 radical (unpaired) electrons. The van der Waals surface area contributed by atoms with E-state index in [1.807, 2.05) is 31.3 Å². The summed E-state index contributed by atoms with van der Waals surface area (Å²) in [4.78, 5) is 25.7. The van der Waals surface area contributed by atoms with Crippen molar-refractivity contribution in [3.8, 4) is 0 Å². The molecule has 0 aliphatic heterocycles. The second-order valence-corrected chi connectivity index (χ2v) is 6.68. The highest BCUT2D eigenvalue weighted by atomic mass is 16.6. The molecule has 0 fully saturated rings. The van der Waals surface area contributed by atoms with Gasteiger partial charge in [-0.05, 0) is 31.9 Å². The van der Waals surface area contributed by atoms with E-state index in [9.17, 15) is 9.59 Å². The maximum absolute atomic E-state index is 12.9. The van der Waals surface area contributed by atoms with Gasteiger partial charge in [-0.1, -0.05) is 24.3 Å². The summed E-state index contributed by atoms with van der Waals surface area (Å²) in [5.41, 5.74) is 1.85. The van der Waals surface area contributed by atoms with Crippen LogP contribution >= 0.6 is 0 Å². The number of fused-ring (bicyclic) bond motifs is 3. The normalized spacial score (nSPS) is 18.2. The van der Waals surface area contributed by atoms with Gasteiger partial charge in [0.05, 0.1) is 13.2 Å². The van der Waals surface area contributed by atoms with E-state index in [-0.39, 0.29) is 25.6 Å². The van der Waals surface area contributed by atoms with Crippen molar-refractivity contribution in [2.24, 2.45) is 12.5 Å². The predicted molar refractivity (Wildman–Crippen MR) is 99.9 cm³/mol. The number of para-hydroxylation sites is 1. The van der Waals surface area contributed by atoms with Crippen molar-refractivity contribution >= 4 is 22.8 Å².